The van der Waals surface area contributed by atoms with Crippen LogP contribution in [-0.4, -0.2) is 43.3 Å². The number of rotatable bonds is 8. The van der Waals surface area contributed by atoms with E-state index in [1.54, 1.807) is 36.4 Å². The summed E-state index contributed by atoms with van der Waals surface area (Å²) in [7, 11) is 2.82. The Kier molecular flexibility index (Phi) is 7.77. The largest absolute Gasteiger partial charge is 0.504 e. The lowest BCUT2D eigenvalue weighted by Gasteiger charge is -2.30. The number of hydrogen-bond acceptors (Lipinski definition) is 5. The summed E-state index contributed by atoms with van der Waals surface area (Å²) in [6.45, 7) is 4.62. The molecule has 3 aromatic carbocycles. The van der Waals surface area contributed by atoms with E-state index >= 15 is 0 Å². The Hall–Kier alpha value is -4.21. The maximum absolute atomic E-state index is 13.4. The highest BCUT2D eigenvalue weighted by Gasteiger charge is 2.45. The number of ether oxygens (including phenoxy) is 2. The summed E-state index contributed by atoms with van der Waals surface area (Å²) >= 11 is 0. The molecule has 0 aliphatic carbocycles. The predicted molar refractivity (Wildman–Crippen MR) is 130 cm³/mol. The number of phenols is 1. The number of nitrogens with one attached hydrogen (secondary N) is 1. The van der Waals surface area contributed by atoms with Gasteiger partial charge in [0.25, 0.3) is 5.91 Å². The van der Waals surface area contributed by atoms with E-state index < -0.39 is 23.9 Å². The number of hydrogen-bond donors (Lipinski definition) is 2. The van der Waals surface area contributed by atoms with E-state index in [1.807, 2.05) is 0 Å². The van der Waals surface area contributed by atoms with Crippen molar-refractivity contribution in [1.29, 1.82) is 0 Å². The summed E-state index contributed by atoms with van der Waals surface area (Å²) in [6.07, 6.45) is -3.98. The third kappa shape index (κ3) is 5.37. The van der Waals surface area contributed by atoms with Crippen molar-refractivity contribution >= 4 is 28.3 Å². The molecule has 2 N–H and O–H groups in total. The molecule has 0 aliphatic rings. The number of carbonyl (C=O) groups is 2. The van der Waals surface area contributed by atoms with Crippen molar-refractivity contribution in [2.75, 3.05) is 19.1 Å². The van der Waals surface area contributed by atoms with E-state index in [1.165, 1.54) is 33.2 Å². The van der Waals surface area contributed by atoms with Crippen molar-refractivity contribution in [2.24, 2.45) is 0 Å². The highest BCUT2D eigenvalue weighted by Crippen LogP contribution is 2.38. The Morgan fingerprint density at radius 2 is 1.92 bits per heavy atom. The second-order valence-electron chi connectivity index (χ2n) is 7.86. The van der Waals surface area contributed by atoms with Crippen molar-refractivity contribution in [3.63, 3.8) is 0 Å². The van der Waals surface area contributed by atoms with Crippen LogP contribution < -0.4 is 19.7 Å². The van der Waals surface area contributed by atoms with Gasteiger partial charge in [-0.3, -0.25) is 14.5 Å². The average Bonchev–Trinajstić information content (AvgIpc) is 2.86. The fraction of sp³-hybridized carbons (Fsp3) is 0.231. The Morgan fingerprint density at radius 3 is 2.53 bits per heavy atom. The van der Waals surface area contributed by atoms with Gasteiger partial charge in [-0.05, 0) is 48.0 Å². The van der Waals surface area contributed by atoms with Gasteiger partial charge in [0.2, 0.25) is 0 Å². The van der Waals surface area contributed by atoms with Crippen LogP contribution >= 0.6 is 0 Å². The van der Waals surface area contributed by atoms with Crippen LogP contribution in [0.3, 0.4) is 0 Å². The molecule has 0 fully saturated rings. The Balaban J connectivity index is 2.02. The molecule has 2 amide bonds. The SMILES string of the molecule is C=CC(C)N(C(=O)C(F)(F)F)c1cc(O)c(OC)cc1COc1ccc2c(C(=O)NC)cccc2c1. The van der Waals surface area contributed by atoms with E-state index in [0.29, 0.717) is 27.0 Å². The minimum atomic E-state index is -5.16. The summed E-state index contributed by atoms with van der Waals surface area (Å²) in [5.41, 5.74) is 0.438. The molecule has 0 heterocycles. The maximum Gasteiger partial charge on any atom is 0.471 e. The van der Waals surface area contributed by atoms with Gasteiger partial charge in [0.05, 0.1) is 18.8 Å². The van der Waals surface area contributed by atoms with Crippen molar-refractivity contribution in [1.82, 2.24) is 5.32 Å². The molecule has 3 aromatic rings. The van der Waals surface area contributed by atoms with E-state index in [4.69, 9.17) is 9.47 Å². The minimum absolute atomic E-state index is 0.00301. The summed E-state index contributed by atoms with van der Waals surface area (Å²) in [5.74, 6) is -2.44. The first-order valence-electron chi connectivity index (χ1n) is 10.8. The second-order valence-corrected chi connectivity index (χ2v) is 7.86. The lowest BCUT2D eigenvalue weighted by Crippen LogP contribution is -2.46. The Labute approximate surface area is 205 Å². The van der Waals surface area contributed by atoms with Crippen molar-refractivity contribution in [3.8, 4) is 17.2 Å². The monoisotopic (exact) mass is 502 g/mol. The number of phenolic OH excluding ortho intramolecular Hbond substituents is 1. The fourth-order valence-electron chi connectivity index (χ4n) is 3.70. The summed E-state index contributed by atoms with van der Waals surface area (Å²) in [6, 6.07) is 11.5. The van der Waals surface area contributed by atoms with Crippen LogP contribution in [0.5, 0.6) is 17.2 Å². The Morgan fingerprint density at radius 1 is 1.19 bits per heavy atom. The quantitative estimate of drug-likeness (QED) is 0.425. The molecule has 10 heteroatoms. The molecule has 0 saturated carbocycles. The first-order chi connectivity index (χ1) is 17.0. The summed E-state index contributed by atoms with van der Waals surface area (Å²) in [5, 5.41) is 14.2. The molecule has 0 spiro atoms. The van der Waals surface area contributed by atoms with Crippen LogP contribution in [0.1, 0.15) is 22.8 Å². The predicted octanol–water partition coefficient (Wildman–Crippen LogP) is 4.96. The van der Waals surface area contributed by atoms with Gasteiger partial charge in [-0.15, -0.1) is 6.58 Å². The molecule has 1 atom stereocenters. The molecule has 0 aliphatic heterocycles. The Bertz CT molecular complexity index is 1310. The number of benzene rings is 3. The first-order valence-corrected chi connectivity index (χ1v) is 10.8. The highest BCUT2D eigenvalue weighted by molar-refractivity contribution is 6.07. The number of carbonyl (C=O) groups excluding carboxylic acids is 2. The highest BCUT2D eigenvalue weighted by atomic mass is 19.4. The number of halogens is 3. The normalized spacial score (nSPS) is 12.1. The molecule has 0 saturated heterocycles. The number of amides is 2. The van der Waals surface area contributed by atoms with Gasteiger partial charge >= 0.3 is 12.1 Å². The number of alkyl halides is 3. The van der Waals surface area contributed by atoms with Crippen LogP contribution in [0.15, 0.2) is 61.2 Å². The van der Waals surface area contributed by atoms with Gasteiger partial charge in [0, 0.05) is 24.2 Å². The zero-order valence-electron chi connectivity index (χ0n) is 19.8. The molecule has 3 rings (SSSR count). The van der Waals surface area contributed by atoms with E-state index in [-0.39, 0.29) is 29.5 Å². The van der Waals surface area contributed by atoms with Gasteiger partial charge < -0.3 is 19.9 Å². The van der Waals surface area contributed by atoms with Crippen molar-refractivity contribution in [2.45, 2.75) is 25.7 Å². The van der Waals surface area contributed by atoms with E-state index in [0.717, 1.165) is 6.07 Å². The van der Waals surface area contributed by atoms with Crippen LogP contribution in [0.4, 0.5) is 18.9 Å². The van der Waals surface area contributed by atoms with Gasteiger partial charge in [0.15, 0.2) is 11.5 Å². The lowest BCUT2D eigenvalue weighted by atomic mass is 10.0. The molecule has 0 aromatic heterocycles. The molecular formula is C26H25F3N2O5. The third-order valence-corrected chi connectivity index (χ3v) is 5.57. The topological polar surface area (TPSA) is 88.1 Å². The number of aromatic hydroxyl groups is 1. The third-order valence-electron chi connectivity index (χ3n) is 5.57. The van der Waals surface area contributed by atoms with Crippen molar-refractivity contribution < 1.29 is 37.3 Å². The average molecular weight is 502 g/mol. The molecule has 0 radical (unpaired) electrons. The molecule has 7 nitrogen and oxygen atoms in total. The molecular weight excluding hydrogens is 477 g/mol. The van der Waals surface area contributed by atoms with E-state index in [2.05, 4.69) is 11.9 Å². The molecule has 36 heavy (non-hydrogen) atoms. The van der Waals surface area contributed by atoms with E-state index in [9.17, 15) is 27.9 Å². The maximum atomic E-state index is 13.4. The number of methoxy groups -OCH3 is 1. The van der Waals surface area contributed by atoms with Gasteiger partial charge in [-0.1, -0.05) is 18.2 Å². The van der Waals surface area contributed by atoms with Crippen LogP contribution in [0.25, 0.3) is 10.8 Å². The minimum Gasteiger partial charge on any atom is -0.504 e. The fourth-order valence-corrected chi connectivity index (χ4v) is 3.70. The zero-order chi connectivity index (χ0) is 26.6. The summed E-state index contributed by atoms with van der Waals surface area (Å²) in [4.78, 5) is 24.9. The van der Waals surface area contributed by atoms with Crippen molar-refractivity contribution in [3.05, 3.63) is 72.3 Å². The second kappa shape index (κ2) is 10.6. The lowest BCUT2D eigenvalue weighted by molar-refractivity contribution is -0.170. The molecule has 190 valence electrons. The number of fused-ring (bicyclic) bond motifs is 1. The summed E-state index contributed by atoms with van der Waals surface area (Å²) < 4.78 is 51.2. The van der Waals surface area contributed by atoms with Crippen LogP contribution in [-0.2, 0) is 11.4 Å². The van der Waals surface area contributed by atoms with Gasteiger partial charge in [-0.2, -0.15) is 13.2 Å². The molecule has 0 bridgehead atoms. The standard InChI is InChI=1S/C26H25F3N2O5/c1-5-15(2)31(25(34)26(27,28)29)21-13-22(32)23(35-4)12-17(21)14-36-18-9-10-19-16(11-18)7-6-8-20(19)24(33)30-3/h5-13,15,32H,1,14H2,2-4H3,(H,30,33). The zero-order valence-corrected chi connectivity index (χ0v) is 19.8. The first kappa shape index (κ1) is 26.4. The number of anilines is 1. The van der Waals surface area contributed by atoms with Crippen LogP contribution in [0.2, 0.25) is 0 Å². The smallest absolute Gasteiger partial charge is 0.471 e. The van der Waals surface area contributed by atoms with Gasteiger partial charge in [-0.25, -0.2) is 0 Å². The van der Waals surface area contributed by atoms with Gasteiger partial charge in [0.1, 0.15) is 12.4 Å². The van der Waals surface area contributed by atoms with Crippen LogP contribution in [0, 0.1) is 0 Å². The number of nitrogens with zero attached hydrogens (tertiary/aromatic N) is 1. The molecule has 1 unspecified atom stereocenters.